The van der Waals surface area contributed by atoms with E-state index < -0.39 is 10.0 Å². The second kappa shape index (κ2) is 7.25. The summed E-state index contributed by atoms with van der Waals surface area (Å²) in [5.41, 5.74) is 0.784. The van der Waals surface area contributed by atoms with Gasteiger partial charge in [0, 0.05) is 31.0 Å². The van der Waals surface area contributed by atoms with Gasteiger partial charge in [-0.25, -0.2) is 8.42 Å². The Morgan fingerprint density at radius 3 is 2.20 bits per heavy atom. The molecule has 0 amide bonds. The Hall–Kier alpha value is -1.60. The quantitative estimate of drug-likeness (QED) is 0.807. The van der Waals surface area contributed by atoms with Gasteiger partial charge in [0.1, 0.15) is 0 Å². The van der Waals surface area contributed by atoms with Crippen LogP contribution < -0.4 is 0 Å². The molecule has 0 saturated carbocycles. The van der Waals surface area contributed by atoms with Crippen LogP contribution in [0.3, 0.4) is 0 Å². The fourth-order valence-corrected chi connectivity index (χ4v) is 3.30. The molecule has 0 radical (unpaired) electrons. The Labute approximate surface area is 124 Å². The minimum absolute atomic E-state index is 0.0615. The van der Waals surface area contributed by atoms with E-state index in [1.165, 1.54) is 12.1 Å². The molecule has 5 nitrogen and oxygen atoms in total. The summed E-state index contributed by atoms with van der Waals surface area (Å²) >= 11 is 5.95. The van der Waals surface area contributed by atoms with Gasteiger partial charge in [-0.3, -0.25) is 0 Å². The van der Waals surface area contributed by atoms with E-state index in [0.717, 1.165) is 9.87 Å². The first-order valence-corrected chi connectivity index (χ1v) is 7.75. The molecule has 0 aromatic heterocycles. The summed E-state index contributed by atoms with van der Waals surface area (Å²) in [5.74, 6) is 0. The minimum atomic E-state index is -3.74. The van der Waals surface area contributed by atoms with Crippen molar-refractivity contribution in [1.29, 1.82) is 10.5 Å². The Balaban J connectivity index is 3.11. The number of nitriles is 2. The molecule has 0 saturated heterocycles. The first-order valence-electron chi connectivity index (χ1n) is 5.93. The fourth-order valence-electron chi connectivity index (χ4n) is 1.58. The summed E-state index contributed by atoms with van der Waals surface area (Å²) in [7, 11) is -3.74. The maximum Gasteiger partial charge on any atom is 0.243 e. The summed E-state index contributed by atoms with van der Waals surface area (Å²) < 4.78 is 26.1. The van der Waals surface area contributed by atoms with Crippen molar-refractivity contribution in [3.63, 3.8) is 0 Å². The van der Waals surface area contributed by atoms with Crippen LogP contribution in [0.15, 0.2) is 23.1 Å². The average Bonchev–Trinajstić information content (AvgIpc) is 2.41. The van der Waals surface area contributed by atoms with Gasteiger partial charge in [-0.1, -0.05) is 17.7 Å². The summed E-state index contributed by atoms with van der Waals surface area (Å²) in [5, 5.41) is 17.6. The SMILES string of the molecule is Cc1ccc(S(=O)(=O)N(CCC#N)CCC#N)cc1Cl. The molecule has 7 heteroatoms. The van der Waals surface area contributed by atoms with Gasteiger partial charge in [-0.05, 0) is 24.6 Å². The van der Waals surface area contributed by atoms with Crippen molar-refractivity contribution >= 4 is 21.6 Å². The maximum atomic E-state index is 12.5. The highest BCUT2D eigenvalue weighted by atomic mass is 35.5. The Morgan fingerprint density at radius 1 is 1.20 bits per heavy atom. The van der Waals surface area contributed by atoms with Crippen molar-refractivity contribution in [2.24, 2.45) is 0 Å². The lowest BCUT2D eigenvalue weighted by molar-refractivity contribution is 0.425. The molecule has 0 aliphatic rings. The molecule has 0 heterocycles. The van der Waals surface area contributed by atoms with Crippen molar-refractivity contribution in [3.05, 3.63) is 28.8 Å². The summed E-state index contributed by atoms with van der Waals surface area (Å²) in [4.78, 5) is 0.0731. The monoisotopic (exact) mass is 311 g/mol. The zero-order valence-corrected chi connectivity index (χ0v) is 12.6. The highest BCUT2D eigenvalue weighted by Gasteiger charge is 2.24. The average molecular weight is 312 g/mol. The van der Waals surface area contributed by atoms with Crippen LogP contribution >= 0.6 is 11.6 Å². The van der Waals surface area contributed by atoms with Crippen LogP contribution in [0, 0.1) is 29.6 Å². The van der Waals surface area contributed by atoms with E-state index in [0.29, 0.717) is 5.02 Å². The molecule has 0 aliphatic heterocycles. The standard InChI is InChI=1S/C13H14ClN3O2S/c1-11-4-5-12(10-13(11)14)20(18,19)17(8-2-6-15)9-3-7-16/h4-5,10H,2-3,8-9H2,1H3. The third-order valence-corrected chi connectivity index (χ3v) is 5.03. The first kappa shape index (κ1) is 16.5. The van der Waals surface area contributed by atoms with Crippen molar-refractivity contribution < 1.29 is 8.42 Å². The Morgan fingerprint density at radius 2 is 1.75 bits per heavy atom. The molecule has 0 atom stereocenters. The first-order chi connectivity index (χ1) is 9.43. The number of sulfonamides is 1. The van der Waals surface area contributed by atoms with E-state index in [4.69, 9.17) is 22.1 Å². The van der Waals surface area contributed by atoms with Crippen LogP contribution in [0.25, 0.3) is 0 Å². The lowest BCUT2D eigenvalue weighted by atomic mass is 10.2. The molecule has 20 heavy (non-hydrogen) atoms. The number of hydrogen-bond donors (Lipinski definition) is 0. The van der Waals surface area contributed by atoms with E-state index >= 15 is 0 Å². The third-order valence-electron chi connectivity index (χ3n) is 2.73. The number of halogens is 1. The molecule has 0 fully saturated rings. The lowest BCUT2D eigenvalue weighted by Crippen LogP contribution is -2.32. The number of hydrogen-bond acceptors (Lipinski definition) is 4. The second-order valence-electron chi connectivity index (χ2n) is 4.13. The number of aryl methyl sites for hydroxylation is 1. The van der Waals surface area contributed by atoms with Gasteiger partial charge in [0.2, 0.25) is 10.0 Å². The molecule has 1 aromatic rings. The molecule has 0 spiro atoms. The van der Waals surface area contributed by atoms with Gasteiger partial charge in [0.25, 0.3) is 0 Å². The van der Waals surface area contributed by atoms with Gasteiger partial charge in [0.05, 0.1) is 17.0 Å². The zero-order chi connectivity index (χ0) is 15.2. The predicted molar refractivity (Wildman–Crippen MR) is 75.4 cm³/mol. The lowest BCUT2D eigenvalue weighted by Gasteiger charge is -2.20. The molecule has 0 bridgehead atoms. The largest absolute Gasteiger partial charge is 0.243 e. The highest BCUT2D eigenvalue weighted by Crippen LogP contribution is 2.23. The van der Waals surface area contributed by atoms with Crippen molar-refractivity contribution in [1.82, 2.24) is 4.31 Å². The summed E-state index contributed by atoms with van der Waals surface area (Å²) in [6, 6.07) is 8.30. The molecule has 0 unspecified atom stereocenters. The summed E-state index contributed by atoms with van der Waals surface area (Å²) in [6.07, 6.45) is 0.147. The maximum absolute atomic E-state index is 12.5. The topological polar surface area (TPSA) is 85.0 Å². The molecular formula is C13H14ClN3O2S. The minimum Gasteiger partial charge on any atom is -0.207 e. The molecule has 0 aliphatic carbocycles. The second-order valence-corrected chi connectivity index (χ2v) is 6.48. The summed E-state index contributed by atoms with van der Waals surface area (Å²) in [6.45, 7) is 1.90. The van der Waals surface area contributed by atoms with Gasteiger partial charge in [-0.15, -0.1) is 0 Å². The molecule has 106 valence electrons. The zero-order valence-electron chi connectivity index (χ0n) is 11.0. The van der Waals surface area contributed by atoms with Gasteiger partial charge >= 0.3 is 0 Å². The van der Waals surface area contributed by atoms with Crippen LogP contribution in [-0.4, -0.2) is 25.8 Å². The smallest absolute Gasteiger partial charge is 0.207 e. The normalized spacial score (nSPS) is 11.1. The van der Waals surface area contributed by atoms with Crippen LogP contribution in [0.2, 0.25) is 5.02 Å². The Kier molecular flexibility index (Phi) is 5.97. The fraction of sp³-hybridized carbons (Fsp3) is 0.385. The number of nitrogens with zero attached hydrogens (tertiary/aromatic N) is 3. The van der Waals surface area contributed by atoms with E-state index in [1.54, 1.807) is 13.0 Å². The van der Waals surface area contributed by atoms with Gasteiger partial charge < -0.3 is 0 Å². The van der Waals surface area contributed by atoms with Crippen molar-refractivity contribution in [2.75, 3.05) is 13.1 Å². The van der Waals surface area contributed by atoms with E-state index in [9.17, 15) is 8.42 Å². The molecular weight excluding hydrogens is 298 g/mol. The van der Waals surface area contributed by atoms with Crippen molar-refractivity contribution in [3.8, 4) is 12.1 Å². The van der Waals surface area contributed by atoms with Crippen LogP contribution in [-0.2, 0) is 10.0 Å². The molecule has 1 rings (SSSR count). The van der Waals surface area contributed by atoms with Crippen LogP contribution in [0.1, 0.15) is 18.4 Å². The van der Waals surface area contributed by atoms with E-state index in [2.05, 4.69) is 0 Å². The molecule has 0 N–H and O–H groups in total. The predicted octanol–water partition coefficient (Wildman–Crippen LogP) is 2.47. The van der Waals surface area contributed by atoms with E-state index in [-0.39, 0.29) is 30.8 Å². The van der Waals surface area contributed by atoms with E-state index in [1.807, 2.05) is 12.1 Å². The van der Waals surface area contributed by atoms with Gasteiger partial charge in [0.15, 0.2) is 0 Å². The number of rotatable bonds is 6. The third kappa shape index (κ3) is 3.94. The Bertz CT molecular complexity index is 641. The van der Waals surface area contributed by atoms with Gasteiger partial charge in [-0.2, -0.15) is 14.8 Å². The van der Waals surface area contributed by atoms with Crippen molar-refractivity contribution in [2.45, 2.75) is 24.7 Å². The van der Waals surface area contributed by atoms with Crippen LogP contribution in [0.4, 0.5) is 0 Å². The highest BCUT2D eigenvalue weighted by molar-refractivity contribution is 7.89. The molecule has 1 aromatic carbocycles. The number of benzene rings is 1. The van der Waals surface area contributed by atoms with Crippen LogP contribution in [0.5, 0.6) is 0 Å².